The van der Waals surface area contributed by atoms with Crippen LogP contribution in [0.1, 0.15) is 29.8 Å². The summed E-state index contributed by atoms with van der Waals surface area (Å²) in [5.74, 6) is 0.175. The summed E-state index contributed by atoms with van der Waals surface area (Å²) < 4.78 is 10.1. The Morgan fingerprint density at radius 3 is 3.06 bits per heavy atom. The Labute approximate surface area is 106 Å². The second-order valence-electron chi connectivity index (χ2n) is 4.13. The lowest BCUT2D eigenvalue weighted by atomic mass is 10.2. The first-order chi connectivity index (χ1) is 8.79. The van der Waals surface area contributed by atoms with Crippen molar-refractivity contribution >= 4 is 11.8 Å². The molecule has 0 saturated carbocycles. The molecule has 18 heavy (non-hydrogen) atoms. The molecule has 6 heteroatoms. The Balaban J connectivity index is 1.77. The summed E-state index contributed by atoms with van der Waals surface area (Å²) in [6.07, 6.45) is 6.54. The van der Waals surface area contributed by atoms with Crippen molar-refractivity contribution in [1.29, 1.82) is 0 Å². The van der Waals surface area contributed by atoms with E-state index in [1.807, 2.05) is 0 Å². The lowest BCUT2D eigenvalue weighted by Gasteiger charge is -2.10. The Hall–Kier alpha value is -1.69. The maximum absolute atomic E-state index is 11.2. The minimum atomic E-state index is -0.478. The number of hydrogen-bond donors (Lipinski definition) is 1. The van der Waals surface area contributed by atoms with Crippen LogP contribution in [0.15, 0.2) is 12.4 Å². The molecule has 1 atom stereocenters. The second-order valence-corrected chi connectivity index (χ2v) is 4.13. The van der Waals surface area contributed by atoms with Crippen molar-refractivity contribution in [2.45, 2.75) is 25.4 Å². The van der Waals surface area contributed by atoms with Gasteiger partial charge in [0, 0.05) is 13.2 Å². The standard InChI is InChI=1S/C12H17N3O3/c1-17-12(16)10-7-15-11(8-14-10)13-5-4-9-3-2-6-18-9/h7-9H,2-6H2,1H3,(H,13,15). The normalized spacial score (nSPS) is 18.6. The topological polar surface area (TPSA) is 73.3 Å². The van der Waals surface area contributed by atoms with Gasteiger partial charge in [-0.2, -0.15) is 0 Å². The van der Waals surface area contributed by atoms with Crippen molar-refractivity contribution in [2.24, 2.45) is 0 Å². The molecule has 1 aliphatic rings. The minimum absolute atomic E-state index is 0.210. The van der Waals surface area contributed by atoms with Crippen LogP contribution in [0.2, 0.25) is 0 Å². The van der Waals surface area contributed by atoms with Gasteiger partial charge in [-0.3, -0.25) is 0 Å². The van der Waals surface area contributed by atoms with Crippen LogP contribution in [-0.2, 0) is 9.47 Å². The zero-order chi connectivity index (χ0) is 12.8. The fourth-order valence-electron chi connectivity index (χ4n) is 1.86. The van der Waals surface area contributed by atoms with E-state index >= 15 is 0 Å². The molecule has 1 N–H and O–H groups in total. The highest BCUT2D eigenvalue weighted by atomic mass is 16.5. The molecule has 2 heterocycles. The summed E-state index contributed by atoms with van der Waals surface area (Å²) in [7, 11) is 1.32. The molecule has 0 bridgehead atoms. The van der Waals surface area contributed by atoms with Crippen LogP contribution >= 0.6 is 0 Å². The van der Waals surface area contributed by atoms with Gasteiger partial charge >= 0.3 is 5.97 Å². The number of rotatable bonds is 5. The smallest absolute Gasteiger partial charge is 0.358 e. The van der Waals surface area contributed by atoms with Crippen LogP contribution in [0.25, 0.3) is 0 Å². The summed E-state index contributed by atoms with van der Waals surface area (Å²) in [5, 5.41) is 3.15. The van der Waals surface area contributed by atoms with Crippen LogP contribution in [0.5, 0.6) is 0 Å². The summed E-state index contributed by atoms with van der Waals surface area (Å²) in [5.41, 5.74) is 0.210. The van der Waals surface area contributed by atoms with Gasteiger partial charge in [0.05, 0.1) is 25.6 Å². The largest absolute Gasteiger partial charge is 0.464 e. The molecule has 1 saturated heterocycles. The molecule has 2 rings (SSSR count). The summed E-state index contributed by atoms with van der Waals surface area (Å²) >= 11 is 0. The number of carbonyl (C=O) groups is 1. The van der Waals surface area contributed by atoms with E-state index in [4.69, 9.17) is 4.74 Å². The predicted octanol–water partition coefficient (Wildman–Crippen LogP) is 1.24. The molecule has 0 aliphatic carbocycles. The molecule has 98 valence electrons. The van der Waals surface area contributed by atoms with Gasteiger partial charge in [0.1, 0.15) is 5.82 Å². The van der Waals surface area contributed by atoms with Gasteiger partial charge in [-0.05, 0) is 19.3 Å². The lowest BCUT2D eigenvalue weighted by Crippen LogP contribution is -2.13. The van der Waals surface area contributed by atoms with Crippen molar-refractivity contribution in [3.8, 4) is 0 Å². The zero-order valence-electron chi connectivity index (χ0n) is 10.4. The van der Waals surface area contributed by atoms with Crippen molar-refractivity contribution in [2.75, 3.05) is 25.6 Å². The van der Waals surface area contributed by atoms with E-state index in [1.165, 1.54) is 19.5 Å². The average Bonchev–Trinajstić information content (AvgIpc) is 2.92. The van der Waals surface area contributed by atoms with Crippen molar-refractivity contribution in [1.82, 2.24) is 9.97 Å². The van der Waals surface area contributed by atoms with E-state index in [0.717, 1.165) is 32.4 Å². The van der Waals surface area contributed by atoms with Gasteiger partial charge in [-0.1, -0.05) is 0 Å². The third-order valence-electron chi connectivity index (χ3n) is 2.84. The van der Waals surface area contributed by atoms with Gasteiger partial charge in [0.15, 0.2) is 5.69 Å². The molecule has 6 nitrogen and oxygen atoms in total. The average molecular weight is 251 g/mol. The molecule has 0 amide bonds. The van der Waals surface area contributed by atoms with Gasteiger partial charge in [0.25, 0.3) is 0 Å². The van der Waals surface area contributed by atoms with Crippen molar-refractivity contribution in [3.63, 3.8) is 0 Å². The highest BCUT2D eigenvalue weighted by Crippen LogP contribution is 2.15. The Morgan fingerprint density at radius 1 is 1.56 bits per heavy atom. The van der Waals surface area contributed by atoms with Crippen LogP contribution < -0.4 is 5.32 Å². The number of carbonyl (C=O) groups excluding carboxylic acids is 1. The van der Waals surface area contributed by atoms with Gasteiger partial charge in [-0.25, -0.2) is 14.8 Å². The van der Waals surface area contributed by atoms with Crippen LogP contribution in [0.4, 0.5) is 5.82 Å². The van der Waals surface area contributed by atoms with Gasteiger partial charge in [0.2, 0.25) is 0 Å². The number of anilines is 1. The maximum atomic E-state index is 11.2. The first kappa shape index (κ1) is 12.8. The Morgan fingerprint density at radius 2 is 2.44 bits per heavy atom. The quantitative estimate of drug-likeness (QED) is 0.794. The van der Waals surface area contributed by atoms with Gasteiger partial charge in [-0.15, -0.1) is 0 Å². The van der Waals surface area contributed by atoms with E-state index < -0.39 is 5.97 Å². The fourth-order valence-corrected chi connectivity index (χ4v) is 1.86. The van der Waals surface area contributed by atoms with E-state index in [1.54, 1.807) is 0 Å². The van der Waals surface area contributed by atoms with Crippen LogP contribution in [0, 0.1) is 0 Å². The van der Waals surface area contributed by atoms with E-state index in [-0.39, 0.29) is 5.69 Å². The number of esters is 1. The number of nitrogens with one attached hydrogen (secondary N) is 1. The predicted molar refractivity (Wildman–Crippen MR) is 65.5 cm³/mol. The minimum Gasteiger partial charge on any atom is -0.464 e. The molecule has 0 aromatic carbocycles. The van der Waals surface area contributed by atoms with E-state index in [0.29, 0.717) is 11.9 Å². The molecule has 0 radical (unpaired) electrons. The third-order valence-corrected chi connectivity index (χ3v) is 2.84. The second kappa shape index (κ2) is 6.30. The third kappa shape index (κ3) is 3.40. The van der Waals surface area contributed by atoms with Gasteiger partial charge < -0.3 is 14.8 Å². The summed E-state index contributed by atoms with van der Waals surface area (Å²) in [6, 6.07) is 0. The van der Waals surface area contributed by atoms with Crippen molar-refractivity contribution in [3.05, 3.63) is 18.1 Å². The van der Waals surface area contributed by atoms with Crippen LogP contribution in [-0.4, -0.2) is 42.3 Å². The number of hydrogen-bond acceptors (Lipinski definition) is 6. The van der Waals surface area contributed by atoms with Crippen LogP contribution in [0.3, 0.4) is 0 Å². The Bertz CT molecular complexity index is 388. The molecule has 0 spiro atoms. The van der Waals surface area contributed by atoms with Crippen molar-refractivity contribution < 1.29 is 14.3 Å². The highest BCUT2D eigenvalue weighted by molar-refractivity contribution is 5.86. The van der Waals surface area contributed by atoms with E-state index in [9.17, 15) is 4.79 Å². The lowest BCUT2D eigenvalue weighted by molar-refractivity contribution is 0.0593. The number of ether oxygens (including phenoxy) is 2. The number of nitrogens with zero attached hydrogens (tertiary/aromatic N) is 2. The molecule has 1 fully saturated rings. The highest BCUT2D eigenvalue weighted by Gasteiger charge is 2.14. The number of methoxy groups -OCH3 is 1. The zero-order valence-corrected chi connectivity index (χ0v) is 10.4. The number of aromatic nitrogens is 2. The molecular formula is C12H17N3O3. The molecular weight excluding hydrogens is 234 g/mol. The Kier molecular flexibility index (Phi) is 4.46. The SMILES string of the molecule is COC(=O)c1cnc(NCCC2CCCO2)cn1. The fraction of sp³-hybridized carbons (Fsp3) is 0.583. The summed E-state index contributed by atoms with van der Waals surface area (Å²) in [6.45, 7) is 1.66. The molecule has 1 aliphatic heterocycles. The monoisotopic (exact) mass is 251 g/mol. The first-order valence-corrected chi connectivity index (χ1v) is 6.05. The van der Waals surface area contributed by atoms with E-state index in [2.05, 4.69) is 20.0 Å². The molecule has 1 unspecified atom stereocenters. The summed E-state index contributed by atoms with van der Waals surface area (Å²) in [4.78, 5) is 19.2. The maximum Gasteiger partial charge on any atom is 0.358 e. The molecule has 1 aromatic rings. The first-order valence-electron chi connectivity index (χ1n) is 6.05. The molecule has 1 aromatic heterocycles.